The number of imidazole rings is 1. The maximum atomic E-state index is 5.75. The molecule has 3 N–H and O–H groups in total. The summed E-state index contributed by atoms with van der Waals surface area (Å²) >= 11 is 0. The third kappa shape index (κ3) is 1.45. The molecule has 0 unspecified atom stereocenters. The van der Waals surface area contributed by atoms with Crippen LogP contribution in [0.3, 0.4) is 0 Å². The third-order valence-corrected chi connectivity index (χ3v) is 2.81. The largest absolute Gasteiger partial charge is 0.434 e. The lowest BCUT2D eigenvalue weighted by Crippen LogP contribution is -1.91. The second-order valence-electron chi connectivity index (χ2n) is 4.03. The molecule has 7 heteroatoms. The Balaban J connectivity index is 1.96. The van der Waals surface area contributed by atoms with Crippen LogP contribution in [0, 0.1) is 0 Å². The van der Waals surface area contributed by atoms with Crippen molar-refractivity contribution in [3.05, 3.63) is 30.6 Å². The van der Waals surface area contributed by atoms with Crippen molar-refractivity contribution in [2.24, 2.45) is 0 Å². The summed E-state index contributed by atoms with van der Waals surface area (Å²) in [4.78, 5) is 19.6. The van der Waals surface area contributed by atoms with Gasteiger partial charge in [0.25, 0.3) is 5.89 Å². The number of aromatic amines is 1. The minimum Gasteiger partial charge on any atom is -0.434 e. The zero-order valence-electron chi connectivity index (χ0n) is 9.66. The van der Waals surface area contributed by atoms with Crippen molar-refractivity contribution in [3.8, 4) is 11.7 Å². The Morgan fingerprint density at radius 2 is 2.00 bits per heavy atom. The van der Waals surface area contributed by atoms with E-state index in [1.54, 1.807) is 0 Å². The number of fused-ring (bicyclic) bond motifs is 2. The minimum atomic E-state index is 0.347. The number of nitrogens with one attached hydrogen (secondary N) is 1. The van der Waals surface area contributed by atoms with Crippen LogP contribution in [0.2, 0.25) is 0 Å². The van der Waals surface area contributed by atoms with E-state index in [4.69, 9.17) is 10.2 Å². The molecule has 92 valence electrons. The predicted octanol–water partition coefficient (Wildman–Crippen LogP) is 1.74. The number of aromatic nitrogens is 5. The SMILES string of the molecule is Nc1ncnc2nc(-c3nc4ccccc4o3)[nH]c12. The highest BCUT2D eigenvalue weighted by Crippen LogP contribution is 2.24. The van der Waals surface area contributed by atoms with Crippen molar-refractivity contribution in [2.75, 3.05) is 5.73 Å². The lowest BCUT2D eigenvalue weighted by Gasteiger charge is -1.89. The number of rotatable bonds is 1. The number of anilines is 1. The summed E-state index contributed by atoms with van der Waals surface area (Å²) in [5.74, 6) is 1.23. The van der Waals surface area contributed by atoms with Gasteiger partial charge in [-0.1, -0.05) is 12.1 Å². The second kappa shape index (κ2) is 3.52. The molecule has 4 rings (SSSR count). The molecule has 19 heavy (non-hydrogen) atoms. The van der Waals surface area contributed by atoms with E-state index >= 15 is 0 Å². The van der Waals surface area contributed by atoms with E-state index in [-0.39, 0.29) is 0 Å². The van der Waals surface area contributed by atoms with Crippen LogP contribution in [0.25, 0.3) is 34.0 Å². The molecule has 4 aromatic rings. The van der Waals surface area contributed by atoms with Crippen molar-refractivity contribution >= 4 is 28.1 Å². The van der Waals surface area contributed by atoms with Crippen molar-refractivity contribution in [1.29, 1.82) is 0 Å². The number of hydrogen-bond donors (Lipinski definition) is 2. The molecule has 0 saturated heterocycles. The fourth-order valence-corrected chi connectivity index (χ4v) is 1.92. The zero-order chi connectivity index (χ0) is 12.8. The van der Waals surface area contributed by atoms with Crippen LogP contribution >= 0.6 is 0 Å². The number of oxazole rings is 1. The van der Waals surface area contributed by atoms with Crippen LogP contribution in [-0.2, 0) is 0 Å². The molecule has 3 heterocycles. The van der Waals surface area contributed by atoms with Gasteiger partial charge in [-0.15, -0.1) is 0 Å². The summed E-state index contributed by atoms with van der Waals surface area (Å²) < 4.78 is 5.63. The van der Waals surface area contributed by atoms with E-state index in [9.17, 15) is 0 Å². The molecule has 1 aromatic carbocycles. The molecule has 0 spiro atoms. The fourth-order valence-electron chi connectivity index (χ4n) is 1.92. The number of H-pyrrole nitrogens is 1. The summed E-state index contributed by atoms with van der Waals surface area (Å²) in [6.45, 7) is 0. The highest BCUT2D eigenvalue weighted by Gasteiger charge is 2.14. The molecule has 0 atom stereocenters. The molecule has 0 bridgehead atoms. The van der Waals surface area contributed by atoms with Gasteiger partial charge in [0.1, 0.15) is 17.4 Å². The Hall–Kier alpha value is -2.96. The van der Waals surface area contributed by atoms with Gasteiger partial charge in [0.2, 0.25) is 0 Å². The summed E-state index contributed by atoms with van der Waals surface area (Å²) in [5, 5.41) is 0. The molecule has 0 aliphatic heterocycles. The molecule has 3 aromatic heterocycles. The van der Waals surface area contributed by atoms with Gasteiger partial charge in [-0.2, -0.15) is 0 Å². The van der Waals surface area contributed by atoms with Gasteiger partial charge in [-0.05, 0) is 12.1 Å². The Morgan fingerprint density at radius 3 is 2.84 bits per heavy atom. The Labute approximate surface area is 106 Å². The van der Waals surface area contributed by atoms with Crippen molar-refractivity contribution < 1.29 is 4.42 Å². The normalized spacial score (nSPS) is 11.4. The van der Waals surface area contributed by atoms with Crippen LogP contribution in [0.4, 0.5) is 5.82 Å². The number of nitrogens with zero attached hydrogens (tertiary/aromatic N) is 4. The van der Waals surface area contributed by atoms with Gasteiger partial charge >= 0.3 is 0 Å². The van der Waals surface area contributed by atoms with Gasteiger partial charge < -0.3 is 15.1 Å². The Morgan fingerprint density at radius 1 is 1.11 bits per heavy atom. The Kier molecular flexibility index (Phi) is 1.85. The molecule has 0 saturated carbocycles. The first kappa shape index (κ1) is 10.0. The Bertz CT molecular complexity index is 860. The van der Waals surface area contributed by atoms with Gasteiger partial charge in [0, 0.05) is 0 Å². The molecule has 0 amide bonds. The first-order valence-corrected chi connectivity index (χ1v) is 5.63. The van der Waals surface area contributed by atoms with Gasteiger partial charge in [-0.25, -0.2) is 19.9 Å². The number of nitrogens with two attached hydrogens (primary N) is 1. The highest BCUT2D eigenvalue weighted by molar-refractivity contribution is 5.84. The first-order valence-electron chi connectivity index (χ1n) is 5.63. The standard InChI is InChI=1S/C12H8N6O/c13-9-8-10(15-5-14-9)18-11(17-8)12-16-6-3-1-2-4-7(6)19-12/h1-5H,(H3,13,14,15,17,18). The monoisotopic (exact) mass is 252 g/mol. The van der Waals surface area contributed by atoms with Crippen LogP contribution in [0.5, 0.6) is 0 Å². The number of nitrogen functional groups attached to an aromatic ring is 1. The molecular formula is C12H8N6O. The summed E-state index contributed by atoms with van der Waals surface area (Å²) in [5.41, 5.74) is 8.30. The maximum Gasteiger partial charge on any atom is 0.264 e. The minimum absolute atomic E-state index is 0.347. The molecule has 0 radical (unpaired) electrons. The third-order valence-electron chi connectivity index (χ3n) is 2.81. The van der Waals surface area contributed by atoms with Crippen LogP contribution in [0.15, 0.2) is 35.0 Å². The van der Waals surface area contributed by atoms with Crippen LogP contribution in [0.1, 0.15) is 0 Å². The summed E-state index contributed by atoms with van der Waals surface area (Å²) in [7, 11) is 0. The average Bonchev–Trinajstić information content (AvgIpc) is 3.02. The molecular weight excluding hydrogens is 244 g/mol. The fraction of sp³-hybridized carbons (Fsp3) is 0. The average molecular weight is 252 g/mol. The van der Waals surface area contributed by atoms with Gasteiger partial charge in [0.05, 0.1) is 0 Å². The van der Waals surface area contributed by atoms with Crippen molar-refractivity contribution in [1.82, 2.24) is 24.9 Å². The molecule has 0 fully saturated rings. The topological polar surface area (TPSA) is 107 Å². The second-order valence-corrected chi connectivity index (χ2v) is 4.03. The van der Waals surface area contributed by atoms with E-state index in [2.05, 4.69) is 24.9 Å². The first-order chi connectivity index (χ1) is 9.31. The van der Waals surface area contributed by atoms with Crippen LogP contribution < -0.4 is 5.73 Å². The number of para-hydroxylation sites is 2. The zero-order valence-corrected chi connectivity index (χ0v) is 9.66. The predicted molar refractivity (Wildman–Crippen MR) is 69.1 cm³/mol. The van der Waals surface area contributed by atoms with Crippen molar-refractivity contribution in [2.45, 2.75) is 0 Å². The van der Waals surface area contributed by atoms with Gasteiger partial charge in [-0.3, -0.25) is 0 Å². The summed E-state index contributed by atoms with van der Waals surface area (Å²) in [6, 6.07) is 7.51. The van der Waals surface area contributed by atoms with E-state index in [0.717, 1.165) is 5.52 Å². The lowest BCUT2D eigenvalue weighted by atomic mass is 10.3. The van der Waals surface area contributed by atoms with E-state index in [0.29, 0.717) is 34.3 Å². The van der Waals surface area contributed by atoms with Crippen LogP contribution in [-0.4, -0.2) is 24.9 Å². The quantitative estimate of drug-likeness (QED) is 0.534. The lowest BCUT2D eigenvalue weighted by molar-refractivity contribution is 0.614. The molecule has 0 aliphatic carbocycles. The number of benzene rings is 1. The highest BCUT2D eigenvalue weighted by atomic mass is 16.3. The molecule has 7 nitrogen and oxygen atoms in total. The number of hydrogen-bond acceptors (Lipinski definition) is 6. The van der Waals surface area contributed by atoms with E-state index < -0.39 is 0 Å². The van der Waals surface area contributed by atoms with Crippen molar-refractivity contribution in [3.63, 3.8) is 0 Å². The molecule has 0 aliphatic rings. The maximum absolute atomic E-state index is 5.75. The van der Waals surface area contributed by atoms with E-state index in [1.165, 1.54) is 6.33 Å². The smallest absolute Gasteiger partial charge is 0.264 e. The van der Waals surface area contributed by atoms with E-state index in [1.807, 2.05) is 24.3 Å². The summed E-state index contributed by atoms with van der Waals surface area (Å²) in [6.07, 6.45) is 1.37. The van der Waals surface area contributed by atoms with Gasteiger partial charge in [0.15, 0.2) is 22.9 Å².